The molecule has 0 saturated heterocycles. The summed E-state index contributed by atoms with van der Waals surface area (Å²) in [5.41, 5.74) is 0.220. The fourth-order valence-electron chi connectivity index (χ4n) is 0.476. The number of carboxylic acid groups (broad SMARTS) is 1. The van der Waals surface area contributed by atoms with E-state index in [1.54, 1.807) is 0 Å². The van der Waals surface area contributed by atoms with Crippen molar-refractivity contribution in [2.24, 2.45) is 10.7 Å². The van der Waals surface area contributed by atoms with E-state index in [1.165, 1.54) is 18.2 Å². The average molecular weight is 330 g/mol. The first-order valence-corrected chi connectivity index (χ1v) is 3.14. The Morgan fingerprint density at radius 3 is 1.59 bits per heavy atom. The number of aromatic carboxylic acids is 1. The molecule has 0 fully saturated rings. The fraction of sp³-hybridized carbons (Fsp3) is 0. The maximum Gasteiger partial charge on any atom is 0.222 e. The van der Waals surface area contributed by atoms with E-state index in [-0.39, 0.29) is 38.5 Å². The van der Waals surface area contributed by atoms with Crippen molar-refractivity contribution in [1.82, 2.24) is 0 Å². The zero-order chi connectivity index (χ0) is 12.1. The summed E-state index contributed by atoms with van der Waals surface area (Å²) in [6.45, 7) is 0. The number of benzene rings is 1. The molecule has 10 heteroatoms. The summed E-state index contributed by atoms with van der Waals surface area (Å²) in [6.07, 6.45) is 0. The van der Waals surface area contributed by atoms with Gasteiger partial charge < -0.3 is 43.5 Å². The molecule has 0 heterocycles. The smallest absolute Gasteiger partial charge is 0.222 e. The zero-order valence-corrected chi connectivity index (χ0v) is 9.72. The van der Waals surface area contributed by atoms with Gasteiger partial charge in [0.25, 0.3) is 0 Å². The van der Waals surface area contributed by atoms with Gasteiger partial charge in [-0.15, -0.1) is 10.7 Å². The van der Waals surface area contributed by atoms with E-state index in [4.69, 9.17) is 25.3 Å². The second-order valence-electron chi connectivity index (χ2n) is 1.68. The van der Waals surface area contributed by atoms with Crippen LogP contribution in [0.25, 0.3) is 0 Å². The molecule has 1 aromatic rings. The fourth-order valence-corrected chi connectivity index (χ4v) is 0.476. The molecule has 17 heavy (non-hydrogen) atoms. The summed E-state index contributed by atoms with van der Waals surface area (Å²) in [4.78, 5) is 26.2. The van der Waals surface area contributed by atoms with Crippen molar-refractivity contribution in [1.29, 1.82) is 0 Å². The summed E-state index contributed by atoms with van der Waals surface area (Å²) >= 11 is 0. The van der Waals surface area contributed by atoms with Crippen LogP contribution in [0.3, 0.4) is 0 Å². The molecule has 1 N–H and O–H groups in total. The number of hydrogen-bond acceptors (Lipinski definition) is 7. The molecule has 0 bridgehead atoms. The van der Waals surface area contributed by atoms with Crippen LogP contribution in [0.2, 0.25) is 0 Å². The average Bonchev–Trinajstić information content (AvgIpc) is 2.21. The van der Waals surface area contributed by atoms with Crippen molar-refractivity contribution in [3.63, 3.8) is 0 Å². The molecule has 0 spiro atoms. The molecular weight excluding hydrogens is 325 g/mol. The van der Waals surface area contributed by atoms with Crippen molar-refractivity contribution in [2.75, 3.05) is 0 Å². The van der Waals surface area contributed by atoms with Crippen LogP contribution in [0.1, 0.15) is 10.4 Å². The van der Waals surface area contributed by atoms with Crippen molar-refractivity contribution in [2.45, 2.75) is 0 Å². The van der Waals surface area contributed by atoms with Gasteiger partial charge >= 0.3 is 0 Å². The Labute approximate surface area is 116 Å². The van der Waals surface area contributed by atoms with Crippen molar-refractivity contribution >= 4 is 5.97 Å². The molecular formula is C7H4N2Ni2O6-4. The van der Waals surface area contributed by atoms with E-state index in [1.807, 2.05) is 0 Å². The SMILES string of the molecule is O=C(O)c1c[c-]c[c-]c1.O=N[O-].O=N[O-].[Ni].[Ni]. The molecule has 8 nitrogen and oxygen atoms in total. The first-order chi connectivity index (χ1) is 7.13. The summed E-state index contributed by atoms with van der Waals surface area (Å²) < 4.78 is 0. The third-order valence-electron chi connectivity index (χ3n) is 0.891. The van der Waals surface area contributed by atoms with E-state index >= 15 is 0 Å². The maximum absolute atomic E-state index is 10.2. The van der Waals surface area contributed by atoms with Crippen LogP contribution in [0.5, 0.6) is 0 Å². The first kappa shape index (κ1) is 24.6. The molecule has 0 saturated carbocycles. The summed E-state index contributed by atoms with van der Waals surface area (Å²) in [5, 5.41) is 26.3. The van der Waals surface area contributed by atoms with Gasteiger partial charge in [-0.3, -0.25) is 16.9 Å². The van der Waals surface area contributed by atoms with Crippen LogP contribution in [0.4, 0.5) is 0 Å². The molecule has 0 atom stereocenters. The van der Waals surface area contributed by atoms with Crippen molar-refractivity contribution in [3.8, 4) is 0 Å². The minimum absolute atomic E-state index is 0. The number of hydrogen-bond donors (Lipinski definition) is 1. The minimum Gasteiger partial charge on any atom is -0.495 e. The second kappa shape index (κ2) is 20.0. The third kappa shape index (κ3) is 20.5. The largest absolute Gasteiger partial charge is 0.495 e. The van der Waals surface area contributed by atoms with Gasteiger partial charge in [-0.05, 0) is 0 Å². The predicted octanol–water partition coefficient (Wildman–Crippen LogP) is 1.48. The van der Waals surface area contributed by atoms with Crippen LogP contribution in [-0.2, 0) is 33.0 Å². The van der Waals surface area contributed by atoms with Gasteiger partial charge in [0.15, 0.2) is 0 Å². The number of carbonyl (C=O) groups is 1. The molecule has 1 rings (SSSR count). The summed E-state index contributed by atoms with van der Waals surface area (Å²) in [7, 11) is 0. The van der Waals surface area contributed by atoms with Crippen molar-refractivity contribution < 1.29 is 42.9 Å². The van der Waals surface area contributed by atoms with Crippen LogP contribution >= 0.6 is 0 Å². The van der Waals surface area contributed by atoms with E-state index in [0.29, 0.717) is 0 Å². The Hall–Kier alpha value is -1.52. The standard InChI is InChI=1S/C7H4O2.2HNO2.2Ni/c8-7(9)6-4-2-1-3-5-6;2*2-1-3;;/h1,4-5H,(H,8,9);2*(H,2,3);;/q-2;;;;/p-2. The normalized spacial score (nSPS) is 6.12. The molecule has 0 radical (unpaired) electrons. The topological polar surface area (TPSA) is 142 Å². The molecule has 0 aliphatic rings. The third-order valence-corrected chi connectivity index (χ3v) is 0.891. The van der Waals surface area contributed by atoms with Gasteiger partial charge in [0.2, 0.25) is 5.97 Å². The molecule has 0 aliphatic heterocycles. The Balaban J connectivity index is -0.0000000917. The van der Waals surface area contributed by atoms with Gasteiger partial charge in [0, 0.05) is 33.0 Å². The zero-order valence-electron chi connectivity index (χ0n) is 7.75. The Bertz CT molecular complexity index is 292. The monoisotopic (exact) mass is 328 g/mol. The molecule has 1 aromatic carbocycles. The molecule has 0 aliphatic carbocycles. The predicted molar refractivity (Wildman–Crippen MR) is 49.4 cm³/mol. The molecule has 0 unspecified atom stereocenters. The van der Waals surface area contributed by atoms with Gasteiger partial charge in [-0.1, -0.05) is 0 Å². The second-order valence-corrected chi connectivity index (χ2v) is 1.68. The van der Waals surface area contributed by atoms with E-state index in [0.717, 1.165) is 10.7 Å². The molecule has 102 valence electrons. The first-order valence-electron chi connectivity index (χ1n) is 3.14. The van der Waals surface area contributed by atoms with E-state index in [2.05, 4.69) is 12.1 Å². The Kier molecular flexibility index (Phi) is 28.9. The Morgan fingerprint density at radius 2 is 1.41 bits per heavy atom. The molecule has 0 aromatic heterocycles. The van der Waals surface area contributed by atoms with Gasteiger partial charge in [-0.2, -0.15) is 5.56 Å². The number of carboxylic acids is 1. The quantitative estimate of drug-likeness (QED) is 0.358. The number of nitrogens with zero attached hydrogens (tertiary/aromatic N) is 2. The van der Waals surface area contributed by atoms with Crippen LogP contribution in [-0.4, -0.2) is 11.1 Å². The maximum atomic E-state index is 10.2. The van der Waals surface area contributed by atoms with Gasteiger partial charge in [0.05, 0.1) is 0 Å². The summed E-state index contributed by atoms with van der Waals surface area (Å²) in [5.74, 6) is -0.942. The Morgan fingerprint density at radius 1 is 1.12 bits per heavy atom. The summed E-state index contributed by atoms with van der Waals surface area (Å²) in [6, 6.07) is 9.55. The van der Waals surface area contributed by atoms with Crippen molar-refractivity contribution in [3.05, 3.63) is 56.1 Å². The molecule has 0 amide bonds. The van der Waals surface area contributed by atoms with Gasteiger partial charge in [0.1, 0.15) is 0 Å². The van der Waals surface area contributed by atoms with Crippen LogP contribution < -0.4 is 0 Å². The number of rotatable bonds is 1. The minimum atomic E-state index is -0.942. The van der Waals surface area contributed by atoms with E-state index in [9.17, 15) is 4.79 Å². The van der Waals surface area contributed by atoms with Gasteiger partial charge in [-0.25, -0.2) is 0 Å². The van der Waals surface area contributed by atoms with Crippen LogP contribution in [0.15, 0.2) is 28.9 Å². The van der Waals surface area contributed by atoms with E-state index < -0.39 is 5.97 Å². The van der Waals surface area contributed by atoms with Crippen LogP contribution in [0, 0.1) is 32.4 Å².